The van der Waals surface area contributed by atoms with Gasteiger partial charge in [-0.3, -0.25) is 9.59 Å². The van der Waals surface area contributed by atoms with Crippen LogP contribution in [-0.4, -0.2) is 53.8 Å². The first-order chi connectivity index (χ1) is 15.1. The molecule has 1 fully saturated rings. The lowest BCUT2D eigenvalue weighted by Gasteiger charge is -2.36. The molecule has 160 valence electrons. The molecule has 0 atom stereocenters. The van der Waals surface area contributed by atoms with Gasteiger partial charge in [0.25, 0.3) is 5.56 Å². The second-order valence-corrected chi connectivity index (χ2v) is 7.73. The van der Waals surface area contributed by atoms with E-state index >= 15 is 0 Å². The fourth-order valence-electron chi connectivity index (χ4n) is 3.75. The minimum Gasteiger partial charge on any atom is -0.368 e. The zero-order valence-electron chi connectivity index (χ0n) is 17.7. The van der Waals surface area contributed by atoms with Gasteiger partial charge in [-0.15, -0.1) is 0 Å². The van der Waals surface area contributed by atoms with E-state index in [1.54, 1.807) is 18.0 Å². The molecule has 4 rings (SSSR count). The third-order valence-corrected chi connectivity index (χ3v) is 5.55. The minimum atomic E-state index is -0.270. The lowest BCUT2D eigenvalue weighted by atomic mass is 10.2. The largest absolute Gasteiger partial charge is 0.368 e. The van der Waals surface area contributed by atoms with Gasteiger partial charge in [0.05, 0.1) is 0 Å². The fraction of sp³-hybridized carbons (Fsp3) is 0.292. The van der Waals surface area contributed by atoms with E-state index in [0.29, 0.717) is 6.54 Å². The van der Waals surface area contributed by atoms with Crippen LogP contribution in [0.1, 0.15) is 5.56 Å². The molecule has 1 aliphatic heterocycles. The van der Waals surface area contributed by atoms with Crippen molar-refractivity contribution in [3.05, 3.63) is 88.7 Å². The molecule has 1 saturated heterocycles. The van der Waals surface area contributed by atoms with Gasteiger partial charge < -0.3 is 14.7 Å². The summed E-state index contributed by atoms with van der Waals surface area (Å²) in [7, 11) is 1.74. The average molecular weight is 418 g/mol. The second-order valence-electron chi connectivity index (χ2n) is 7.73. The molecule has 0 radical (unpaired) electrons. The summed E-state index contributed by atoms with van der Waals surface area (Å²) >= 11 is 0. The quantitative estimate of drug-likeness (QED) is 0.616. The van der Waals surface area contributed by atoms with Gasteiger partial charge in [-0.1, -0.05) is 48.5 Å². The van der Waals surface area contributed by atoms with Gasteiger partial charge in [0.1, 0.15) is 12.4 Å². The Balaban J connectivity index is 1.39. The molecule has 1 aromatic heterocycles. The van der Waals surface area contributed by atoms with Crippen molar-refractivity contribution in [3.63, 3.8) is 0 Å². The fourth-order valence-corrected chi connectivity index (χ4v) is 3.75. The number of benzene rings is 2. The standard InChI is InChI=1S/C24H27N5O2/c1-26(18-20-8-4-2-5-9-20)24(31)19-29-23(30)13-12-22(25-29)28-16-14-27(15-17-28)21-10-6-3-7-11-21/h2-13H,14-19H2,1H3. The van der Waals surface area contributed by atoms with E-state index in [4.69, 9.17) is 0 Å². The Labute approximate surface area is 182 Å². The molecule has 7 nitrogen and oxygen atoms in total. The molecule has 1 amide bonds. The number of nitrogens with zero attached hydrogens (tertiary/aromatic N) is 5. The average Bonchev–Trinajstić information content (AvgIpc) is 2.82. The van der Waals surface area contributed by atoms with Crippen molar-refractivity contribution < 1.29 is 4.79 Å². The van der Waals surface area contributed by atoms with Crippen LogP contribution in [0.5, 0.6) is 0 Å². The van der Waals surface area contributed by atoms with Crippen molar-refractivity contribution in [1.82, 2.24) is 14.7 Å². The molecule has 0 unspecified atom stereocenters. The summed E-state index contributed by atoms with van der Waals surface area (Å²) in [5, 5.41) is 4.49. The number of rotatable bonds is 6. The Hall–Kier alpha value is -3.61. The maximum atomic E-state index is 12.7. The number of likely N-dealkylation sites (N-methyl/N-ethyl adjacent to an activating group) is 1. The van der Waals surface area contributed by atoms with E-state index in [2.05, 4.69) is 27.0 Å². The lowest BCUT2D eigenvalue weighted by Crippen LogP contribution is -2.47. The number of piperazine rings is 1. The molecule has 2 aromatic carbocycles. The summed E-state index contributed by atoms with van der Waals surface area (Å²) in [6, 6.07) is 23.4. The SMILES string of the molecule is CN(Cc1ccccc1)C(=O)Cn1nc(N2CCN(c3ccccc3)CC2)ccc1=O. The third-order valence-electron chi connectivity index (χ3n) is 5.55. The molecule has 1 aliphatic rings. The number of aromatic nitrogens is 2. The molecular formula is C24H27N5O2. The van der Waals surface area contributed by atoms with E-state index in [-0.39, 0.29) is 18.0 Å². The van der Waals surface area contributed by atoms with E-state index in [1.807, 2.05) is 48.5 Å². The number of carbonyl (C=O) groups is 1. The van der Waals surface area contributed by atoms with Crippen LogP contribution in [0.4, 0.5) is 11.5 Å². The maximum absolute atomic E-state index is 12.7. The predicted octanol–water partition coefficient (Wildman–Crippen LogP) is 2.23. The molecule has 0 spiro atoms. The van der Waals surface area contributed by atoms with Crippen molar-refractivity contribution in [3.8, 4) is 0 Å². The Kier molecular flexibility index (Phi) is 6.31. The number of anilines is 2. The summed E-state index contributed by atoms with van der Waals surface area (Å²) in [6.45, 7) is 3.80. The van der Waals surface area contributed by atoms with Gasteiger partial charge in [-0.25, -0.2) is 4.68 Å². The van der Waals surface area contributed by atoms with Crippen molar-refractivity contribution >= 4 is 17.4 Å². The van der Waals surface area contributed by atoms with Gasteiger partial charge in [-0.05, 0) is 23.8 Å². The number of para-hydroxylation sites is 1. The summed E-state index contributed by atoms with van der Waals surface area (Å²) in [5.74, 6) is 0.579. The van der Waals surface area contributed by atoms with Crippen LogP contribution >= 0.6 is 0 Å². The normalized spacial score (nSPS) is 13.8. The Morgan fingerprint density at radius 1 is 0.871 bits per heavy atom. The highest BCUT2D eigenvalue weighted by Gasteiger charge is 2.19. The minimum absolute atomic E-state index is 0.0695. The summed E-state index contributed by atoms with van der Waals surface area (Å²) < 4.78 is 1.27. The summed E-state index contributed by atoms with van der Waals surface area (Å²) in [4.78, 5) is 31.1. The lowest BCUT2D eigenvalue weighted by molar-refractivity contribution is -0.131. The molecule has 0 bridgehead atoms. The highest BCUT2D eigenvalue weighted by Crippen LogP contribution is 2.18. The number of hydrogen-bond acceptors (Lipinski definition) is 5. The topological polar surface area (TPSA) is 61.7 Å². The zero-order chi connectivity index (χ0) is 21.6. The van der Waals surface area contributed by atoms with Gasteiger partial charge >= 0.3 is 0 Å². The first-order valence-electron chi connectivity index (χ1n) is 10.5. The second kappa shape index (κ2) is 9.47. The van der Waals surface area contributed by atoms with Crippen molar-refractivity contribution in [2.24, 2.45) is 0 Å². The monoisotopic (exact) mass is 417 g/mol. The molecular weight excluding hydrogens is 390 g/mol. The highest BCUT2D eigenvalue weighted by atomic mass is 16.2. The Morgan fingerprint density at radius 2 is 1.48 bits per heavy atom. The van der Waals surface area contributed by atoms with Gasteiger partial charge in [-0.2, -0.15) is 5.10 Å². The van der Waals surface area contributed by atoms with Gasteiger partial charge in [0, 0.05) is 51.5 Å². The summed E-state index contributed by atoms with van der Waals surface area (Å²) in [6.07, 6.45) is 0. The van der Waals surface area contributed by atoms with E-state index < -0.39 is 0 Å². The van der Waals surface area contributed by atoms with Crippen LogP contribution in [-0.2, 0) is 17.9 Å². The van der Waals surface area contributed by atoms with Crippen LogP contribution in [0.3, 0.4) is 0 Å². The summed E-state index contributed by atoms with van der Waals surface area (Å²) in [5.41, 5.74) is 1.99. The molecule has 3 aromatic rings. The Bertz CT molecular complexity index is 1060. The predicted molar refractivity (Wildman–Crippen MR) is 122 cm³/mol. The molecule has 7 heteroatoms. The van der Waals surface area contributed by atoms with Crippen molar-refractivity contribution in [1.29, 1.82) is 0 Å². The number of carbonyl (C=O) groups excluding carboxylic acids is 1. The molecule has 0 saturated carbocycles. The Morgan fingerprint density at radius 3 is 2.16 bits per heavy atom. The van der Waals surface area contributed by atoms with Crippen LogP contribution < -0.4 is 15.4 Å². The first-order valence-corrected chi connectivity index (χ1v) is 10.5. The smallest absolute Gasteiger partial charge is 0.267 e. The third kappa shape index (κ3) is 5.12. The van der Waals surface area contributed by atoms with E-state index in [1.165, 1.54) is 16.4 Å². The van der Waals surface area contributed by atoms with E-state index in [9.17, 15) is 9.59 Å². The van der Waals surface area contributed by atoms with Crippen LogP contribution in [0, 0.1) is 0 Å². The molecule has 31 heavy (non-hydrogen) atoms. The van der Waals surface area contributed by atoms with Gasteiger partial charge in [0.2, 0.25) is 5.91 Å². The van der Waals surface area contributed by atoms with E-state index in [0.717, 1.165) is 37.6 Å². The highest BCUT2D eigenvalue weighted by molar-refractivity contribution is 5.75. The van der Waals surface area contributed by atoms with Crippen LogP contribution in [0.15, 0.2) is 77.6 Å². The van der Waals surface area contributed by atoms with Gasteiger partial charge in [0.15, 0.2) is 0 Å². The maximum Gasteiger partial charge on any atom is 0.267 e. The van der Waals surface area contributed by atoms with Crippen LogP contribution in [0.2, 0.25) is 0 Å². The zero-order valence-corrected chi connectivity index (χ0v) is 17.7. The molecule has 2 heterocycles. The van der Waals surface area contributed by atoms with Crippen molar-refractivity contribution in [2.75, 3.05) is 43.0 Å². The number of amides is 1. The van der Waals surface area contributed by atoms with Crippen molar-refractivity contribution in [2.45, 2.75) is 13.1 Å². The first kappa shape index (κ1) is 20.7. The molecule has 0 aliphatic carbocycles. The van der Waals surface area contributed by atoms with Crippen LogP contribution in [0.25, 0.3) is 0 Å². The molecule has 0 N–H and O–H groups in total. The number of hydrogen-bond donors (Lipinski definition) is 0.